The number of amides is 3. The van der Waals surface area contributed by atoms with Crippen molar-refractivity contribution in [2.24, 2.45) is 5.92 Å². The Hall–Kier alpha value is -3.81. The minimum absolute atomic E-state index is 0.147. The van der Waals surface area contributed by atoms with Gasteiger partial charge in [-0.25, -0.2) is 4.79 Å². The van der Waals surface area contributed by atoms with E-state index in [1.54, 1.807) is 45.0 Å². The number of nitrogens with one attached hydrogen (secondary N) is 1. The van der Waals surface area contributed by atoms with Crippen LogP contribution in [0.25, 0.3) is 0 Å². The second kappa shape index (κ2) is 9.55. The maximum atomic E-state index is 12.8. The third kappa shape index (κ3) is 4.59. The number of nitrogens with zero attached hydrogens (tertiary/aromatic N) is 1. The number of Topliss-reactive ketones (excluding diaryl/α,β-unsaturated/α-hetero) is 1. The van der Waals surface area contributed by atoms with E-state index in [1.165, 1.54) is 24.3 Å². The minimum atomic E-state index is -1.15. The third-order valence-electron chi connectivity index (χ3n) is 5.13. The Labute approximate surface area is 185 Å². The van der Waals surface area contributed by atoms with Crippen molar-refractivity contribution in [2.45, 2.75) is 33.2 Å². The van der Waals surface area contributed by atoms with Crippen molar-refractivity contribution in [2.75, 3.05) is 11.9 Å². The second-order valence-electron chi connectivity index (χ2n) is 7.72. The van der Waals surface area contributed by atoms with Crippen LogP contribution in [0.2, 0.25) is 0 Å². The number of carbonyl (C=O) groups excluding carboxylic acids is 5. The summed E-state index contributed by atoms with van der Waals surface area (Å²) in [7, 11) is 0. The van der Waals surface area contributed by atoms with Crippen LogP contribution in [0.5, 0.6) is 0 Å². The van der Waals surface area contributed by atoms with E-state index in [1.807, 2.05) is 0 Å². The molecule has 0 fully saturated rings. The molecule has 3 rings (SSSR count). The molecule has 0 unspecified atom stereocenters. The lowest BCUT2D eigenvalue weighted by Gasteiger charge is -2.27. The highest BCUT2D eigenvalue weighted by Crippen LogP contribution is 2.27. The number of hydrogen-bond acceptors (Lipinski definition) is 6. The fourth-order valence-corrected chi connectivity index (χ4v) is 3.43. The Morgan fingerprint density at radius 1 is 0.938 bits per heavy atom. The Morgan fingerprint density at radius 3 is 2.00 bits per heavy atom. The normalized spacial score (nSPS) is 13.7. The van der Waals surface area contributed by atoms with Crippen molar-refractivity contribution in [3.8, 4) is 0 Å². The summed E-state index contributed by atoms with van der Waals surface area (Å²) in [5.41, 5.74) is 1.33. The quantitative estimate of drug-likeness (QED) is 0.387. The fourth-order valence-electron chi connectivity index (χ4n) is 3.43. The number of benzene rings is 2. The molecule has 1 N–H and O–H groups in total. The van der Waals surface area contributed by atoms with Crippen LogP contribution < -0.4 is 5.32 Å². The number of rotatable bonds is 8. The van der Waals surface area contributed by atoms with Crippen LogP contribution in [0.15, 0.2) is 48.5 Å². The van der Waals surface area contributed by atoms with Crippen LogP contribution in [0.3, 0.4) is 0 Å². The van der Waals surface area contributed by atoms with Crippen LogP contribution in [0.4, 0.5) is 5.69 Å². The average molecular weight is 436 g/mol. The lowest BCUT2D eigenvalue weighted by Crippen LogP contribution is -2.49. The van der Waals surface area contributed by atoms with Crippen LogP contribution >= 0.6 is 0 Å². The molecule has 0 spiro atoms. The average Bonchev–Trinajstić information content (AvgIpc) is 3.03. The van der Waals surface area contributed by atoms with E-state index in [0.29, 0.717) is 17.7 Å². The van der Waals surface area contributed by atoms with Gasteiger partial charge in [0.1, 0.15) is 6.04 Å². The van der Waals surface area contributed by atoms with E-state index in [4.69, 9.17) is 4.74 Å². The lowest BCUT2D eigenvalue weighted by molar-refractivity contribution is -0.148. The minimum Gasteiger partial charge on any atom is -0.456 e. The van der Waals surface area contributed by atoms with Crippen LogP contribution in [0, 0.1) is 5.92 Å². The molecule has 2 aromatic rings. The predicted octanol–water partition coefficient (Wildman–Crippen LogP) is 3.08. The van der Waals surface area contributed by atoms with E-state index in [0.717, 1.165) is 4.90 Å². The first-order chi connectivity index (χ1) is 15.2. The molecule has 8 heteroatoms. The van der Waals surface area contributed by atoms with Gasteiger partial charge in [-0.2, -0.15) is 0 Å². The zero-order valence-electron chi connectivity index (χ0n) is 18.1. The molecule has 1 aliphatic rings. The fraction of sp³-hybridized carbons (Fsp3) is 0.292. The number of carbonyl (C=O) groups is 5. The van der Waals surface area contributed by atoms with Crippen molar-refractivity contribution >= 4 is 35.2 Å². The molecule has 0 aromatic heterocycles. The number of hydrogen-bond donors (Lipinski definition) is 1. The van der Waals surface area contributed by atoms with E-state index in [-0.39, 0.29) is 17.0 Å². The van der Waals surface area contributed by atoms with E-state index < -0.39 is 42.1 Å². The van der Waals surface area contributed by atoms with Crippen LogP contribution in [-0.4, -0.2) is 47.0 Å². The molecule has 2 aromatic carbocycles. The number of ketones is 1. The molecule has 1 aliphatic heterocycles. The first kappa shape index (κ1) is 22.9. The zero-order valence-corrected chi connectivity index (χ0v) is 18.1. The van der Waals surface area contributed by atoms with Gasteiger partial charge in [-0.3, -0.25) is 24.1 Å². The van der Waals surface area contributed by atoms with E-state index in [9.17, 15) is 24.0 Å². The maximum Gasteiger partial charge on any atom is 0.330 e. The van der Waals surface area contributed by atoms with Crippen molar-refractivity contribution < 1.29 is 28.7 Å². The summed E-state index contributed by atoms with van der Waals surface area (Å²) >= 11 is 0. The molecule has 8 nitrogen and oxygen atoms in total. The van der Waals surface area contributed by atoms with Gasteiger partial charge in [0, 0.05) is 17.7 Å². The molecule has 0 radical (unpaired) electrons. The van der Waals surface area contributed by atoms with Gasteiger partial charge >= 0.3 is 5.97 Å². The molecule has 32 heavy (non-hydrogen) atoms. The van der Waals surface area contributed by atoms with Gasteiger partial charge in [0.05, 0.1) is 11.1 Å². The zero-order chi connectivity index (χ0) is 23.4. The smallest absolute Gasteiger partial charge is 0.330 e. The predicted molar refractivity (Wildman–Crippen MR) is 116 cm³/mol. The number of fused-ring (bicyclic) bond motifs is 1. The maximum absolute atomic E-state index is 12.8. The van der Waals surface area contributed by atoms with E-state index in [2.05, 4.69) is 5.32 Å². The largest absolute Gasteiger partial charge is 0.456 e. The topological polar surface area (TPSA) is 110 Å². The highest BCUT2D eigenvalue weighted by Gasteiger charge is 2.44. The number of ether oxygens (including phenoxy) is 1. The first-order valence-electron chi connectivity index (χ1n) is 10.3. The first-order valence-corrected chi connectivity index (χ1v) is 10.3. The summed E-state index contributed by atoms with van der Waals surface area (Å²) in [5.74, 6) is -2.95. The van der Waals surface area contributed by atoms with Crippen LogP contribution in [0.1, 0.15) is 58.3 Å². The molecular formula is C24H24N2O6. The van der Waals surface area contributed by atoms with Gasteiger partial charge < -0.3 is 10.1 Å². The van der Waals surface area contributed by atoms with Crippen molar-refractivity contribution in [1.29, 1.82) is 0 Å². The van der Waals surface area contributed by atoms with Crippen molar-refractivity contribution in [1.82, 2.24) is 4.90 Å². The molecule has 166 valence electrons. The van der Waals surface area contributed by atoms with E-state index >= 15 is 0 Å². The Bertz CT molecular complexity index is 1040. The van der Waals surface area contributed by atoms with Gasteiger partial charge in [-0.05, 0) is 42.3 Å². The second-order valence-corrected chi connectivity index (χ2v) is 7.72. The van der Waals surface area contributed by atoms with Crippen molar-refractivity contribution in [3.63, 3.8) is 0 Å². The molecule has 3 amide bonds. The Morgan fingerprint density at radius 2 is 1.50 bits per heavy atom. The molecule has 0 aliphatic carbocycles. The summed E-state index contributed by atoms with van der Waals surface area (Å²) in [6.07, 6.45) is 0.334. The molecular weight excluding hydrogens is 412 g/mol. The molecule has 1 heterocycles. The molecule has 0 saturated heterocycles. The third-order valence-corrected chi connectivity index (χ3v) is 5.13. The summed E-state index contributed by atoms with van der Waals surface area (Å²) in [5, 5.41) is 2.68. The highest BCUT2D eigenvalue weighted by atomic mass is 16.5. The summed E-state index contributed by atoms with van der Waals surface area (Å²) < 4.78 is 5.20. The SMILES string of the molecule is CCC(=O)Nc1ccc(C(=O)COC(=O)[C@H](C(C)C)N2C(=O)c3ccccc3C2=O)cc1. The Balaban J connectivity index is 1.67. The lowest BCUT2D eigenvalue weighted by atomic mass is 10.0. The number of anilines is 1. The van der Waals surface area contributed by atoms with Gasteiger partial charge in [-0.1, -0.05) is 32.9 Å². The number of esters is 1. The van der Waals surface area contributed by atoms with Gasteiger partial charge in [0.15, 0.2) is 12.4 Å². The summed E-state index contributed by atoms with van der Waals surface area (Å²) in [6, 6.07) is 11.4. The van der Waals surface area contributed by atoms with Crippen molar-refractivity contribution in [3.05, 3.63) is 65.2 Å². The molecule has 0 bridgehead atoms. The van der Waals surface area contributed by atoms with Gasteiger partial charge in [0.2, 0.25) is 5.91 Å². The Kier molecular flexibility index (Phi) is 6.82. The monoisotopic (exact) mass is 436 g/mol. The molecule has 0 saturated carbocycles. The molecule has 1 atom stereocenters. The van der Waals surface area contributed by atoms with Crippen LogP contribution in [-0.2, 0) is 14.3 Å². The standard InChI is InChI=1S/C24H24N2O6/c1-4-20(28)25-16-11-9-15(10-12-16)19(27)13-32-24(31)21(14(2)3)26-22(29)17-7-5-6-8-18(17)23(26)30/h5-12,14,21H,4,13H2,1-3H3,(H,25,28)/t21-/m0/s1. The highest BCUT2D eigenvalue weighted by molar-refractivity contribution is 6.22. The van der Waals surface area contributed by atoms with Gasteiger partial charge in [-0.15, -0.1) is 0 Å². The number of imide groups is 1. The summed E-state index contributed by atoms with van der Waals surface area (Å²) in [4.78, 5) is 63.1. The van der Waals surface area contributed by atoms with Gasteiger partial charge in [0.25, 0.3) is 11.8 Å². The summed E-state index contributed by atoms with van der Waals surface area (Å²) in [6.45, 7) is 4.58.